The van der Waals surface area contributed by atoms with Gasteiger partial charge < -0.3 is 9.84 Å². The molecule has 9 heavy (non-hydrogen) atoms. The third kappa shape index (κ3) is 1.43. The topological polar surface area (TPSA) is 29.5 Å². The van der Waals surface area contributed by atoms with Crippen molar-refractivity contribution in [3.8, 4) is 0 Å². The van der Waals surface area contributed by atoms with Crippen molar-refractivity contribution in [3.05, 3.63) is 0 Å². The normalized spacial score (nSPS) is 45.0. The fraction of sp³-hybridized carbons (Fsp3) is 1.00. The smallest absolute Gasteiger partial charge is 0.0825 e. The Kier molecular flexibility index (Phi) is 2.09. The van der Waals surface area contributed by atoms with Gasteiger partial charge in [0.05, 0.1) is 12.2 Å². The SMILES string of the molecule is CC1OCC[C@H](C)[C@@H]1O. The second-order valence-corrected chi connectivity index (χ2v) is 2.83. The summed E-state index contributed by atoms with van der Waals surface area (Å²) in [5.74, 6) is 0.411. The Bertz CT molecular complexity index is 82.9. The molecule has 1 N–H and O–H groups in total. The van der Waals surface area contributed by atoms with Gasteiger partial charge in [-0.2, -0.15) is 0 Å². The molecule has 0 aromatic carbocycles. The highest BCUT2D eigenvalue weighted by molar-refractivity contribution is 4.74. The molecule has 54 valence electrons. The summed E-state index contributed by atoms with van der Waals surface area (Å²) in [7, 11) is 0. The lowest BCUT2D eigenvalue weighted by atomic mass is 9.95. The van der Waals surface area contributed by atoms with E-state index in [4.69, 9.17) is 4.74 Å². The van der Waals surface area contributed by atoms with Crippen molar-refractivity contribution in [2.45, 2.75) is 32.5 Å². The van der Waals surface area contributed by atoms with Crippen LogP contribution in [0.25, 0.3) is 0 Å². The molecule has 0 saturated carbocycles. The van der Waals surface area contributed by atoms with Crippen LogP contribution in [-0.4, -0.2) is 23.9 Å². The van der Waals surface area contributed by atoms with E-state index in [2.05, 4.69) is 6.92 Å². The molecule has 1 fully saturated rings. The van der Waals surface area contributed by atoms with E-state index in [1.807, 2.05) is 6.92 Å². The molecule has 2 heteroatoms. The lowest BCUT2D eigenvalue weighted by Gasteiger charge is -2.30. The Labute approximate surface area is 55.8 Å². The molecule has 0 radical (unpaired) electrons. The fourth-order valence-corrected chi connectivity index (χ4v) is 1.17. The number of aliphatic hydroxyl groups is 1. The van der Waals surface area contributed by atoms with Crippen LogP contribution in [0, 0.1) is 5.92 Å². The molecule has 1 unspecified atom stereocenters. The van der Waals surface area contributed by atoms with Gasteiger partial charge in [0.25, 0.3) is 0 Å². The highest BCUT2D eigenvalue weighted by Crippen LogP contribution is 2.19. The van der Waals surface area contributed by atoms with Crippen molar-refractivity contribution in [2.24, 2.45) is 5.92 Å². The summed E-state index contributed by atoms with van der Waals surface area (Å²) < 4.78 is 5.21. The zero-order valence-electron chi connectivity index (χ0n) is 6.00. The van der Waals surface area contributed by atoms with Crippen molar-refractivity contribution in [1.29, 1.82) is 0 Å². The van der Waals surface area contributed by atoms with Crippen LogP contribution in [0.4, 0.5) is 0 Å². The third-order valence-electron chi connectivity index (χ3n) is 2.02. The van der Waals surface area contributed by atoms with Crippen LogP contribution in [-0.2, 0) is 4.74 Å². The van der Waals surface area contributed by atoms with Gasteiger partial charge in [-0.25, -0.2) is 0 Å². The molecule has 1 rings (SSSR count). The molecule has 0 bridgehead atoms. The van der Waals surface area contributed by atoms with E-state index in [9.17, 15) is 5.11 Å². The van der Waals surface area contributed by atoms with Crippen LogP contribution in [0.1, 0.15) is 20.3 Å². The van der Waals surface area contributed by atoms with Gasteiger partial charge in [-0.05, 0) is 19.3 Å². The Morgan fingerprint density at radius 3 is 2.56 bits per heavy atom. The summed E-state index contributed by atoms with van der Waals surface area (Å²) in [4.78, 5) is 0. The first kappa shape index (κ1) is 7.03. The average Bonchev–Trinajstić information content (AvgIpc) is 1.83. The first-order chi connectivity index (χ1) is 4.22. The van der Waals surface area contributed by atoms with Crippen molar-refractivity contribution in [2.75, 3.05) is 6.61 Å². The van der Waals surface area contributed by atoms with E-state index in [0.717, 1.165) is 13.0 Å². The van der Waals surface area contributed by atoms with Crippen LogP contribution in [0.5, 0.6) is 0 Å². The highest BCUT2D eigenvalue weighted by Gasteiger charge is 2.25. The molecular weight excluding hydrogens is 116 g/mol. The van der Waals surface area contributed by atoms with E-state index in [0.29, 0.717) is 5.92 Å². The number of hydrogen-bond donors (Lipinski definition) is 1. The van der Waals surface area contributed by atoms with Gasteiger partial charge in [-0.1, -0.05) is 6.92 Å². The highest BCUT2D eigenvalue weighted by atomic mass is 16.5. The molecule has 3 atom stereocenters. The minimum absolute atomic E-state index is 0.0359. The van der Waals surface area contributed by atoms with Gasteiger partial charge in [0.1, 0.15) is 0 Å². The predicted octanol–water partition coefficient (Wildman–Crippen LogP) is 0.792. The molecule has 1 aliphatic rings. The standard InChI is InChI=1S/C7H14O2/c1-5-3-4-9-6(2)7(5)8/h5-8H,3-4H2,1-2H3/t5-,6?,7-/m0/s1. The van der Waals surface area contributed by atoms with Gasteiger partial charge in [0, 0.05) is 6.61 Å². The Hall–Kier alpha value is -0.0800. The monoisotopic (exact) mass is 130 g/mol. The van der Waals surface area contributed by atoms with Crippen molar-refractivity contribution in [3.63, 3.8) is 0 Å². The molecule has 0 aliphatic carbocycles. The van der Waals surface area contributed by atoms with Gasteiger partial charge >= 0.3 is 0 Å². The molecule has 0 spiro atoms. The summed E-state index contributed by atoms with van der Waals surface area (Å²) in [6.07, 6.45) is 0.776. The van der Waals surface area contributed by atoms with Crippen LogP contribution < -0.4 is 0 Å². The lowest BCUT2D eigenvalue weighted by Crippen LogP contribution is -2.37. The summed E-state index contributed by atoms with van der Waals surface area (Å²) in [5.41, 5.74) is 0. The first-order valence-corrected chi connectivity index (χ1v) is 3.51. The van der Waals surface area contributed by atoms with E-state index < -0.39 is 0 Å². The predicted molar refractivity (Wildman–Crippen MR) is 35.2 cm³/mol. The van der Waals surface area contributed by atoms with Gasteiger partial charge in [0.15, 0.2) is 0 Å². The van der Waals surface area contributed by atoms with Crippen molar-refractivity contribution < 1.29 is 9.84 Å². The van der Waals surface area contributed by atoms with Crippen molar-refractivity contribution >= 4 is 0 Å². The Morgan fingerprint density at radius 2 is 2.11 bits per heavy atom. The quantitative estimate of drug-likeness (QED) is 0.525. The van der Waals surface area contributed by atoms with E-state index in [1.54, 1.807) is 0 Å². The molecule has 0 aromatic heterocycles. The molecule has 1 heterocycles. The lowest BCUT2D eigenvalue weighted by molar-refractivity contribution is -0.0911. The fourth-order valence-electron chi connectivity index (χ4n) is 1.17. The Balaban J connectivity index is 2.41. The molecule has 1 aliphatic heterocycles. The van der Waals surface area contributed by atoms with Gasteiger partial charge in [-0.15, -0.1) is 0 Å². The maximum absolute atomic E-state index is 9.32. The molecule has 1 saturated heterocycles. The second kappa shape index (κ2) is 2.67. The van der Waals surface area contributed by atoms with Gasteiger partial charge in [0.2, 0.25) is 0 Å². The number of aliphatic hydroxyl groups excluding tert-OH is 1. The summed E-state index contributed by atoms with van der Waals surface area (Å²) in [6, 6.07) is 0. The largest absolute Gasteiger partial charge is 0.390 e. The van der Waals surface area contributed by atoms with Crippen LogP contribution >= 0.6 is 0 Å². The molecule has 0 aromatic rings. The minimum Gasteiger partial charge on any atom is -0.390 e. The average molecular weight is 130 g/mol. The molecule has 0 amide bonds. The number of ether oxygens (including phenoxy) is 1. The Morgan fingerprint density at radius 1 is 1.44 bits per heavy atom. The summed E-state index contributed by atoms with van der Waals surface area (Å²) >= 11 is 0. The number of hydrogen-bond acceptors (Lipinski definition) is 2. The minimum atomic E-state index is -0.251. The summed E-state index contributed by atoms with van der Waals surface area (Å²) in [5, 5.41) is 9.32. The second-order valence-electron chi connectivity index (χ2n) is 2.83. The number of rotatable bonds is 0. The van der Waals surface area contributed by atoms with Crippen LogP contribution in [0.3, 0.4) is 0 Å². The van der Waals surface area contributed by atoms with Gasteiger partial charge in [-0.3, -0.25) is 0 Å². The van der Waals surface area contributed by atoms with Crippen LogP contribution in [0.15, 0.2) is 0 Å². The zero-order valence-corrected chi connectivity index (χ0v) is 6.00. The molecule has 2 nitrogen and oxygen atoms in total. The molecular formula is C7H14O2. The van der Waals surface area contributed by atoms with E-state index in [1.165, 1.54) is 0 Å². The van der Waals surface area contributed by atoms with Crippen LogP contribution in [0.2, 0.25) is 0 Å². The van der Waals surface area contributed by atoms with E-state index in [-0.39, 0.29) is 12.2 Å². The summed E-state index contributed by atoms with van der Waals surface area (Å²) in [6.45, 7) is 4.78. The van der Waals surface area contributed by atoms with Crippen molar-refractivity contribution in [1.82, 2.24) is 0 Å². The first-order valence-electron chi connectivity index (χ1n) is 3.51. The maximum Gasteiger partial charge on any atom is 0.0825 e. The van der Waals surface area contributed by atoms with E-state index >= 15 is 0 Å². The maximum atomic E-state index is 9.32. The zero-order chi connectivity index (χ0) is 6.85. The third-order valence-corrected chi connectivity index (χ3v) is 2.02.